The van der Waals surface area contributed by atoms with Gasteiger partial charge in [0.25, 0.3) is 0 Å². The van der Waals surface area contributed by atoms with Crippen LogP contribution in [0.5, 0.6) is 0 Å². The molecule has 0 aliphatic carbocycles. The van der Waals surface area contributed by atoms with Crippen molar-refractivity contribution >= 4 is 11.4 Å². The maximum Gasteiger partial charge on any atom is 0.0600 e. The van der Waals surface area contributed by atoms with Crippen LogP contribution in [0, 0.1) is 0 Å². The van der Waals surface area contributed by atoms with Gasteiger partial charge in [0.2, 0.25) is 0 Å². The molecule has 21 heavy (non-hydrogen) atoms. The molecule has 1 aromatic heterocycles. The normalized spacial score (nSPS) is 19.2. The first kappa shape index (κ1) is 14.1. The number of pyridine rings is 1. The number of benzene rings is 1. The first-order valence-electron chi connectivity index (χ1n) is 7.71. The third kappa shape index (κ3) is 2.66. The first-order chi connectivity index (χ1) is 10.2. The van der Waals surface area contributed by atoms with E-state index in [4.69, 9.17) is 0 Å². The van der Waals surface area contributed by atoms with Crippen LogP contribution in [0.4, 0.5) is 11.4 Å². The molecule has 1 aliphatic rings. The van der Waals surface area contributed by atoms with Crippen molar-refractivity contribution in [1.82, 2.24) is 10.3 Å². The number of fused-ring (bicyclic) bond motifs is 1. The lowest BCUT2D eigenvalue weighted by molar-refractivity contribution is 0.613. The summed E-state index contributed by atoms with van der Waals surface area (Å²) in [5.41, 5.74) is 5.02. The van der Waals surface area contributed by atoms with Crippen LogP contribution in [-0.4, -0.2) is 18.1 Å². The second-order valence-electron chi connectivity index (χ2n) is 5.84. The highest BCUT2D eigenvalue weighted by Crippen LogP contribution is 2.36. The van der Waals surface area contributed by atoms with Crippen LogP contribution >= 0.6 is 0 Å². The van der Waals surface area contributed by atoms with Gasteiger partial charge in [0.05, 0.1) is 17.6 Å². The number of aromatic nitrogens is 1. The summed E-state index contributed by atoms with van der Waals surface area (Å²) in [7, 11) is 1.96. The lowest BCUT2D eigenvalue weighted by Crippen LogP contribution is -2.33. The van der Waals surface area contributed by atoms with Gasteiger partial charge < -0.3 is 10.2 Å². The predicted octanol–water partition coefficient (Wildman–Crippen LogP) is 3.83. The SMILES string of the molecule is CNC(C)c1ccc(N2c3ccccc3CCC2C)cn1. The van der Waals surface area contributed by atoms with Gasteiger partial charge in [-0.3, -0.25) is 4.98 Å². The quantitative estimate of drug-likeness (QED) is 0.926. The summed E-state index contributed by atoms with van der Waals surface area (Å²) in [6.07, 6.45) is 4.35. The van der Waals surface area contributed by atoms with Crippen molar-refractivity contribution in [2.24, 2.45) is 0 Å². The molecule has 0 amide bonds. The number of hydrogen-bond acceptors (Lipinski definition) is 3. The van der Waals surface area contributed by atoms with Crippen molar-refractivity contribution in [2.45, 2.75) is 38.8 Å². The number of hydrogen-bond donors (Lipinski definition) is 1. The monoisotopic (exact) mass is 281 g/mol. The molecule has 0 radical (unpaired) electrons. The molecule has 2 aromatic rings. The Balaban J connectivity index is 1.96. The van der Waals surface area contributed by atoms with Crippen molar-refractivity contribution in [3.05, 3.63) is 53.9 Å². The lowest BCUT2D eigenvalue weighted by atomic mass is 9.96. The third-order valence-corrected chi connectivity index (χ3v) is 4.45. The first-order valence-corrected chi connectivity index (χ1v) is 7.71. The van der Waals surface area contributed by atoms with Crippen LogP contribution in [0.1, 0.15) is 37.6 Å². The molecular weight excluding hydrogens is 258 g/mol. The third-order valence-electron chi connectivity index (χ3n) is 4.45. The Morgan fingerprint density at radius 1 is 1.24 bits per heavy atom. The van der Waals surface area contributed by atoms with E-state index >= 15 is 0 Å². The van der Waals surface area contributed by atoms with Crippen molar-refractivity contribution < 1.29 is 0 Å². The summed E-state index contributed by atoms with van der Waals surface area (Å²) in [4.78, 5) is 7.04. The topological polar surface area (TPSA) is 28.2 Å². The minimum atomic E-state index is 0.283. The number of nitrogens with one attached hydrogen (secondary N) is 1. The smallest absolute Gasteiger partial charge is 0.0600 e. The summed E-state index contributed by atoms with van der Waals surface area (Å²) in [5, 5.41) is 3.23. The summed E-state index contributed by atoms with van der Waals surface area (Å²) < 4.78 is 0. The van der Waals surface area contributed by atoms with Crippen molar-refractivity contribution in [2.75, 3.05) is 11.9 Å². The Hall–Kier alpha value is -1.87. The molecule has 0 saturated carbocycles. The average molecular weight is 281 g/mol. The second-order valence-corrected chi connectivity index (χ2v) is 5.84. The molecule has 3 nitrogen and oxygen atoms in total. The zero-order valence-corrected chi connectivity index (χ0v) is 13.0. The molecule has 3 heteroatoms. The molecule has 0 bridgehead atoms. The van der Waals surface area contributed by atoms with Crippen LogP contribution in [0.15, 0.2) is 42.6 Å². The predicted molar refractivity (Wildman–Crippen MR) is 88.1 cm³/mol. The van der Waals surface area contributed by atoms with E-state index in [1.54, 1.807) is 0 Å². The fraction of sp³-hybridized carbons (Fsp3) is 0.389. The van der Waals surface area contributed by atoms with Crippen LogP contribution in [0.3, 0.4) is 0 Å². The van der Waals surface area contributed by atoms with E-state index in [9.17, 15) is 0 Å². The average Bonchev–Trinajstić information content (AvgIpc) is 2.54. The molecule has 2 atom stereocenters. The second kappa shape index (κ2) is 5.86. The maximum atomic E-state index is 4.63. The van der Waals surface area contributed by atoms with E-state index in [2.05, 4.69) is 65.4 Å². The zero-order chi connectivity index (χ0) is 14.8. The van der Waals surface area contributed by atoms with Crippen molar-refractivity contribution in [3.8, 4) is 0 Å². The molecule has 2 unspecified atom stereocenters. The number of nitrogens with zero attached hydrogens (tertiary/aromatic N) is 2. The molecule has 1 aromatic carbocycles. The fourth-order valence-corrected chi connectivity index (χ4v) is 3.03. The number of rotatable bonds is 3. The van der Waals surface area contributed by atoms with Crippen LogP contribution in [0.2, 0.25) is 0 Å². The van der Waals surface area contributed by atoms with Gasteiger partial charge in [-0.25, -0.2) is 0 Å². The molecule has 1 N–H and O–H groups in total. The highest BCUT2D eigenvalue weighted by atomic mass is 15.2. The van der Waals surface area contributed by atoms with E-state index in [0.29, 0.717) is 6.04 Å². The van der Waals surface area contributed by atoms with E-state index in [1.807, 2.05) is 13.2 Å². The Kier molecular flexibility index (Phi) is 3.93. The number of para-hydroxylation sites is 1. The van der Waals surface area contributed by atoms with E-state index in [1.165, 1.54) is 23.4 Å². The largest absolute Gasteiger partial charge is 0.337 e. The van der Waals surface area contributed by atoms with E-state index in [0.717, 1.165) is 12.1 Å². The Bertz CT molecular complexity index is 606. The Morgan fingerprint density at radius 3 is 2.76 bits per heavy atom. The summed E-state index contributed by atoms with van der Waals surface area (Å²) in [5.74, 6) is 0. The fourth-order valence-electron chi connectivity index (χ4n) is 3.03. The molecule has 110 valence electrons. The number of anilines is 2. The Morgan fingerprint density at radius 2 is 2.05 bits per heavy atom. The highest BCUT2D eigenvalue weighted by molar-refractivity contribution is 5.68. The molecule has 2 heterocycles. The summed E-state index contributed by atoms with van der Waals surface area (Å²) >= 11 is 0. The Labute approximate surface area is 127 Å². The lowest BCUT2D eigenvalue weighted by Gasteiger charge is -2.37. The van der Waals surface area contributed by atoms with Gasteiger partial charge in [-0.05, 0) is 57.5 Å². The molecule has 0 spiro atoms. The van der Waals surface area contributed by atoms with Gasteiger partial charge in [0.15, 0.2) is 0 Å². The minimum Gasteiger partial charge on any atom is -0.337 e. The maximum absolute atomic E-state index is 4.63. The molecule has 0 saturated heterocycles. The van der Waals surface area contributed by atoms with Gasteiger partial charge in [-0.15, -0.1) is 0 Å². The summed E-state index contributed by atoms with van der Waals surface area (Å²) in [6.45, 7) is 4.42. The number of aryl methyl sites for hydroxylation is 1. The van der Waals surface area contributed by atoms with E-state index in [-0.39, 0.29) is 6.04 Å². The minimum absolute atomic E-state index is 0.283. The van der Waals surface area contributed by atoms with Crippen molar-refractivity contribution in [3.63, 3.8) is 0 Å². The van der Waals surface area contributed by atoms with Crippen molar-refractivity contribution in [1.29, 1.82) is 0 Å². The van der Waals surface area contributed by atoms with E-state index < -0.39 is 0 Å². The zero-order valence-electron chi connectivity index (χ0n) is 13.0. The van der Waals surface area contributed by atoms with Gasteiger partial charge in [0, 0.05) is 17.8 Å². The molecular formula is C18H23N3. The van der Waals surface area contributed by atoms with Gasteiger partial charge in [-0.2, -0.15) is 0 Å². The van der Waals surface area contributed by atoms with Crippen LogP contribution in [0.25, 0.3) is 0 Å². The van der Waals surface area contributed by atoms with Gasteiger partial charge in [-0.1, -0.05) is 18.2 Å². The molecule has 3 rings (SSSR count). The highest BCUT2D eigenvalue weighted by Gasteiger charge is 2.24. The van der Waals surface area contributed by atoms with Crippen LogP contribution in [-0.2, 0) is 6.42 Å². The van der Waals surface area contributed by atoms with Gasteiger partial charge in [0.1, 0.15) is 0 Å². The van der Waals surface area contributed by atoms with Gasteiger partial charge >= 0.3 is 0 Å². The standard InChI is InChI=1S/C18H23N3/c1-13-8-9-15-6-4-5-7-18(15)21(13)16-10-11-17(20-12-16)14(2)19-3/h4-7,10-14,19H,8-9H2,1-3H3. The molecule has 1 aliphatic heterocycles. The summed E-state index contributed by atoms with van der Waals surface area (Å²) in [6, 6.07) is 13.8. The van der Waals surface area contributed by atoms with Crippen LogP contribution < -0.4 is 10.2 Å². The molecule has 0 fully saturated rings.